The van der Waals surface area contributed by atoms with Gasteiger partial charge in [-0.25, -0.2) is 14.8 Å². The average Bonchev–Trinajstić information content (AvgIpc) is 3.61. The van der Waals surface area contributed by atoms with Crippen molar-refractivity contribution in [2.45, 2.75) is 43.4 Å². The number of aromatic amines is 2. The first-order chi connectivity index (χ1) is 18.3. The molecular weight excluding hydrogens is 512 g/mol. The molecule has 2 aromatic heterocycles. The van der Waals surface area contributed by atoms with Crippen molar-refractivity contribution in [1.29, 1.82) is 0 Å². The number of benzene rings is 1. The van der Waals surface area contributed by atoms with Gasteiger partial charge in [-0.1, -0.05) is 30.3 Å². The van der Waals surface area contributed by atoms with Crippen molar-refractivity contribution in [3.8, 4) is 0 Å². The molecule has 13 nitrogen and oxygen atoms in total. The lowest BCUT2D eigenvalue weighted by atomic mass is 10.0. The SMILES string of the molecule is NC(Cc1cnc[nH]1)C(=O)NC(Cc1ccccc1)C(=O)NC(CS)C(=O)NC(Cc1cnc[nH]1)C(=O)O. The largest absolute Gasteiger partial charge is 0.480 e. The van der Waals surface area contributed by atoms with Gasteiger partial charge < -0.3 is 36.8 Å². The van der Waals surface area contributed by atoms with E-state index in [2.05, 4.69) is 48.5 Å². The number of carbonyl (C=O) groups excluding carboxylic acids is 3. The highest BCUT2D eigenvalue weighted by Crippen LogP contribution is 2.06. The predicted molar refractivity (Wildman–Crippen MR) is 140 cm³/mol. The van der Waals surface area contributed by atoms with Gasteiger partial charge in [0.05, 0.1) is 18.7 Å². The highest BCUT2D eigenvalue weighted by atomic mass is 32.1. The Bertz CT molecular complexity index is 1190. The summed E-state index contributed by atoms with van der Waals surface area (Å²) in [6.45, 7) is 0. The van der Waals surface area contributed by atoms with E-state index in [1.54, 1.807) is 30.5 Å². The lowest BCUT2D eigenvalue weighted by molar-refractivity contribution is -0.142. The van der Waals surface area contributed by atoms with Crippen molar-refractivity contribution < 1.29 is 24.3 Å². The van der Waals surface area contributed by atoms with E-state index >= 15 is 0 Å². The van der Waals surface area contributed by atoms with Gasteiger partial charge in [0.2, 0.25) is 17.7 Å². The maximum absolute atomic E-state index is 13.2. The number of amides is 3. The molecule has 4 atom stereocenters. The van der Waals surface area contributed by atoms with Crippen LogP contribution in [0.25, 0.3) is 0 Å². The summed E-state index contributed by atoms with van der Waals surface area (Å²) in [6.07, 6.45) is 6.15. The number of carboxylic acids is 1. The number of imidazole rings is 2. The number of hydrogen-bond acceptors (Lipinski definition) is 8. The molecule has 2 heterocycles. The number of nitrogens with two attached hydrogens (primary N) is 1. The molecular formula is C24H30N8O5S. The zero-order chi connectivity index (χ0) is 27.5. The Morgan fingerprint density at radius 2 is 1.37 bits per heavy atom. The number of nitrogens with one attached hydrogen (secondary N) is 5. The van der Waals surface area contributed by atoms with Crippen LogP contribution in [-0.4, -0.2) is 78.7 Å². The maximum Gasteiger partial charge on any atom is 0.326 e. The minimum Gasteiger partial charge on any atom is -0.480 e. The van der Waals surface area contributed by atoms with Crippen molar-refractivity contribution in [3.63, 3.8) is 0 Å². The molecule has 14 heteroatoms. The molecule has 3 amide bonds. The molecule has 38 heavy (non-hydrogen) atoms. The summed E-state index contributed by atoms with van der Waals surface area (Å²) in [5.74, 6) is -3.31. The number of thiol groups is 1. The first kappa shape index (κ1) is 28.4. The molecule has 202 valence electrons. The first-order valence-corrected chi connectivity index (χ1v) is 12.4. The third-order valence-corrected chi connectivity index (χ3v) is 6.02. The Balaban J connectivity index is 1.68. The Labute approximate surface area is 223 Å². The summed E-state index contributed by atoms with van der Waals surface area (Å²) in [6, 6.07) is 4.57. The highest BCUT2D eigenvalue weighted by molar-refractivity contribution is 7.80. The molecule has 8 N–H and O–H groups in total. The van der Waals surface area contributed by atoms with Crippen LogP contribution in [-0.2, 0) is 38.4 Å². The van der Waals surface area contributed by atoms with Crippen LogP contribution in [0.1, 0.15) is 17.0 Å². The van der Waals surface area contributed by atoms with E-state index in [9.17, 15) is 24.3 Å². The molecule has 0 aliphatic carbocycles. The molecule has 0 fully saturated rings. The summed E-state index contributed by atoms with van der Waals surface area (Å²) < 4.78 is 0. The summed E-state index contributed by atoms with van der Waals surface area (Å²) in [4.78, 5) is 64.0. The van der Waals surface area contributed by atoms with Gasteiger partial charge in [-0.05, 0) is 5.56 Å². The van der Waals surface area contributed by atoms with Crippen LogP contribution >= 0.6 is 12.6 Å². The van der Waals surface area contributed by atoms with Crippen LogP contribution in [0.5, 0.6) is 0 Å². The van der Waals surface area contributed by atoms with Gasteiger partial charge in [0.15, 0.2) is 0 Å². The molecule has 0 aliphatic heterocycles. The van der Waals surface area contributed by atoms with Crippen LogP contribution in [0.3, 0.4) is 0 Å². The third-order valence-electron chi connectivity index (χ3n) is 5.66. The van der Waals surface area contributed by atoms with E-state index in [-0.39, 0.29) is 25.0 Å². The Kier molecular flexibility index (Phi) is 10.4. The summed E-state index contributed by atoms with van der Waals surface area (Å²) in [5, 5.41) is 17.2. The van der Waals surface area contributed by atoms with E-state index in [1.807, 2.05) is 6.07 Å². The van der Waals surface area contributed by atoms with Gasteiger partial charge in [0, 0.05) is 48.8 Å². The van der Waals surface area contributed by atoms with Crippen LogP contribution in [0.15, 0.2) is 55.4 Å². The molecule has 0 bridgehead atoms. The number of rotatable bonds is 14. The summed E-state index contributed by atoms with van der Waals surface area (Å²) >= 11 is 4.16. The molecule has 1 aromatic carbocycles. The molecule has 4 unspecified atom stereocenters. The predicted octanol–water partition coefficient (Wildman–Crippen LogP) is -1.04. The fourth-order valence-electron chi connectivity index (χ4n) is 3.62. The number of aliphatic carboxylic acids is 1. The molecule has 0 spiro atoms. The summed E-state index contributed by atoms with van der Waals surface area (Å²) in [7, 11) is 0. The van der Waals surface area contributed by atoms with Crippen molar-refractivity contribution in [3.05, 3.63) is 72.3 Å². The number of hydrogen-bond donors (Lipinski definition) is 8. The van der Waals surface area contributed by atoms with Crippen LogP contribution in [0.4, 0.5) is 0 Å². The third kappa shape index (κ3) is 8.45. The van der Waals surface area contributed by atoms with Crippen molar-refractivity contribution in [2.75, 3.05) is 5.75 Å². The van der Waals surface area contributed by atoms with Crippen molar-refractivity contribution in [1.82, 2.24) is 35.9 Å². The van der Waals surface area contributed by atoms with Crippen LogP contribution in [0, 0.1) is 0 Å². The lowest BCUT2D eigenvalue weighted by Crippen LogP contribution is -2.58. The van der Waals surface area contributed by atoms with Crippen LogP contribution < -0.4 is 21.7 Å². The number of aromatic nitrogens is 4. The molecule has 0 radical (unpaired) electrons. The second-order valence-corrected chi connectivity index (χ2v) is 8.93. The van der Waals surface area contributed by atoms with Gasteiger partial charge in [-0.2, -0.15) is 12.6 Å². The fraction of sp³-hybridized carbons (Fsp3) is 0.333. The minimum absolute atomic E-state index is 0.0325. The van der Waals surface area contributed by atoms with Gasteiger partial charge in [0.25, 0.3) is 0 Å². The van der Waals surface area contributed by atoms with E-state index in [1.165, 1.54) is 18.9 Å². The molecule has 0 aliphatic rings. The first-order valence-electron chi connectivity index (χ1n) is 11.8. The van der Waals surface area contributed by atoms with E-state index in [0.717, 1.165) is 5.56 Å². The smallest absolute Gasteiger partial charge is 0.326 e. The van der Waals surface area contributed by atoms with Gasteiger partial charge >= 0.3 is 5.97 Å². The molecule has 3 aromatic rings. The van der Waals surface area contributed by atoms with E-state index in [4.69, 9.17) is 5.73 Å². The number of nitrogens with zero attached hydrogens (tertiary/aromatic N) is 2. The van der Waals surface area contributed by atoms with Crippen molar-refractivity contribution >= 4 is 36.3 Å². The van der Waals surface area contributed by atoms with Crippen LogP contribution in [0.2, 0.25) is 0 Å². The second-order valence-electron chi connectivity index (χ2n) is 8.56. The molecule has 0 saturated heterocycles. The Morgan fingerprint density at radius 3 is 1.92 bits per heavy atom. The topological polar surface area (TPSA) is 208 Å². The average molecular weight is 543 g/mol. The number of carboxylic acid groups (broad SMARTS) is 1. The lowest BCUT2D eigenvalue weighted by Gasteiger charge is -2.24. The maximum atomic E-state index is 13.2. The van der Waals surface area contributed by atoms with E-state index < -0.39 is 47.9 Å². The zero-order valence-corrected chi connectivity index (χ0v) is 21.2. The summed E-state index contributed by atoms with van der Waals surface area (Å²) in [5.41, 5.74) is 7.98. The Hall–Kier alpha value is -4.17. The molecule has 0 saturated carbocycles. The normalized spacial score (nSPS) is 14.1. The van der Waals surface area contributed by atoms with Crippen molar-refractivity contribution in [2.24, 2.45) is 5.73 Å². The standard InChI is InChI=1S/C24H30N8O5S/c25-17(7-15-9-26-12-28-15)21(33)30-18(6-14-4-2-1-3-5-14)22(34)32-20(11-38)23(35)31-19(24(36)37)8-16-10-27-13-29-16/h1-5,9-10,12-13,17-20,38H,6-8,11,25H2,(H,26,28)(H,27,29)(H,30,33)(H,31,35)(H,32,34)(H,36,37). The number of H-pyrrole nitrogens is 2. The zero-order valence-electron chi connectivity index (χ0n) is 20.3. The minimum atomic E-state index is -1.26. The fourth-order valence-corrected chi connectivity index (χ4v) is 3.88. The highest BCUT2D eigenvalue weighted by Gasteiger charge is 2.30. The molecule has 3 rings (SSSR count). The number of carbonyl (C=O) groups is 4. The van der Waals surface area contributed by atoms with Gasteiger partial charge in [-0.15, -0.1) is 0 Å². The van der Waals surface area contributed by atoms with Gasteiger partial charge in [0.1, 0.15) is 18.1 Å². The van der Waals surface area contributed by atoms with Gasteiger partial charge in [-0.3, -0.25) is 14.4 Å². The quantitative estimate of drug-likeness (QED) is 0.118. The Morgan fingerprint density at radius 1 is 0.816 bits per heavy atom. The van der Waals surface area contributed by atoms with E-state index in [0.29, 0.717) is 11.4 Å². The monoisotopic (exact) mass is 542 g/mol. The second kappa shape index (κ2) is 13.9.